The number of aliphatic imine (C=N–C) groups is 1. The molecular weight excluding hydrogens is 350 g/mol. The number of aryl methyl sites for hydroxylation is 2. The summed E-state index contributed by atoms with van der Waals surface area (Å²) in [5.41, 5.74) is 5.56. The molecule has 0 unspecified atom stereocenters. The van der Waals surface area contributed by atoms with E-state index in [9.17, 15) is 0 Å². The van der Waals surface area contributed by atoms with Crippen LogP contribution in [-0.4, -0.2) is 44.0 Å². The van der Waals surface area contributed by atoms with Crippen molar-refractivity contribution in [3.05, 3.63) is 65.2 Å². The van der Waals surface area contributed by atoms with Gasteiger partial charge in [0.25, 0.3) is 0 Å². The summed E-state index contributed by atoms with van der Waals surface area (Å²) in [6, 6.07) is 10.1. The predicted molar refractivity (Wildman–Crippen MR) is 113 cm³/mol. The van der Waals surface area contributed by atoms with Gasteiger partial charge in [0.1, 0.15) is 0 Å². The van der Waals surface area contributed by atoms with Crippen LogP contribution in [0.3, 0.4) is 0 Å². The Morgan fingerprint density at radius 3 is 2.61 bits per heavy atom. The van der Waals surface area contributed by atoms with Crippen LogP contribution in [0.4, 0.5) is 0 Å². The van der Waals surface area contributed by atoms with Gasteiger partial charge in [-0.1, -0.05) is 18.2 Å². The van der Waals surface area contributed by atoms with Gasteiger partial charge in [-0.05, 0) is 32.9 Å². The van der Waals surface area contributed by atoms with Crippen molar-refractivity contribution in [2.75, 3.05) is 13.6 Å². The summed E-state index contributed by atoms with van der Waals surface area (Å²) in [7, 11) is 4.02. The molecule has 0 aliphatic rings. The molecule has 148 valence electrons. The summed E-state index contributed by atoms with van der Waals surface area (Å²) in [6.07, 6.45) is 3.97. The molecule has 0 aliphatic carbocycles. The molecule has 3 aromatic rings. The zero-order valence-electron chi connectivity index (χ0n) is 17.3. The molecule has 1 aromatic carbocycles. The molecule has 0 fully saturated rings. The van der Waals surface area contributed by atoms with E-state index in [-0.39, 0.29) is 0 Å². The topological polar surface area (TPSA) is 63.3 Å². The van der Waals surface area contributed by atoms with Crippen molar-refractivity contribution in [3.8, 4) is 5.69 Å². The molecule has 2 aromatic heterocycles. The van der Waals surface area contributed by atoms with E-state index in [0.29, 0.717) is 6.54 Å². The zero-order valence-corrected chi connectivity index (χ0v) is 17.3. The highest BCUT2D eigenvalue weighted by Gasteiger charge is 2.12. The Morgan fingerprint density at radius 1 is 1.21 bits per heavy atom. The second-order valence-electron chi connectivity index (χ2n) is 6.93. The molecular formula is C21H29N7. The van der Waals surface area contributed by atoms with Crippen LogP contribution in [0, 0.1) is 13.8 Å². The molecule has 3 rings (SSSR count). The number of hydrogen-bond acceptors (Lipinski definition) is 3. The fraction of sp³-hybridized carbons (Fsp3) is 0.381. The quantitative estimate of drug-likeness (QED) is 0.528. The minimum atomic E-state index is 0.613. The number of nitrogens with one attached hydrogen (secondary N) is 1. The molecule has 0 saturated heterocycles. The molecule has 28 heavy (non-hydrogen) atoms. The van der Waals surface area contributed by atoms with Crippen LogP contribution in [-0.2, 0) is 20.1 Å². The van der Waals surface area contributed by atoms with Crippen molar-refractivity contribution in [3.63, 3.8) is 0 Å². The van der Waals surface area contributed by atoms with Gasteiger partial charge < -0.3 is 10.2 Å². The maximum atomic E-state index is 4.83. The first-order chi connectivity index (χ1) is 13.5. The minimum absolute atomic E-state index is 0.613. The van der Waals surface area contributed by atoms with Crippen molar-refractivity contribution in [2.45, 2.75) is 33.9 Å². The first-order valence-corrected chi connectivity index (χ1v) is 9.57. The summed E-state index contributed by atoms with van der Waals surface area (Å²) in [5.74, 6) is 0.873. The van der Waals surface area contributed by atoms with Gasteiger partial charge in [-0.3, -0.25) is 4.68 Å². The van der Waals surface area contributed by atoms with Crippen LogP contribution in [0.1, 0.15) is 29.4 Å². The number of para-hydroxylation sites is 1. The van der Waals surface area contributed by atoms with Crippen molar-refractivity contribution in [2.24, 2.45) is 12.0 Å². The standard InChI is InChI=1S/C21H29N7/c1-6-22-21(23-13-20-16(2)25-27(5)17(20)3)26(4)14-18-12-24-28(15-18)19-10-8-7-9-11-19/h7-12,15H,6,13-14H2,1-5H3,(H,22,23). The lowest BCUT2D eigenvalue weighted by Crippen LogP contribution is -2.38. The number of rotatable bonds is 6. The highest BCUT2D eigenvalue weighted by Crippen LogP contribution is 2.14. The van der Waals surface area contributed by atoms with Crippen molar-refractivity contribution in [1.82, 2.24) is 29.8 Å². The zero-order chi connectivity index (χ0) is 20.1. The Morgan fingerprint density at radius 2 is 1.96 bits per heavy atom. The lowest BCUT2D eigenvalue weighted by Gasteiger charge is -2.21. The summed E-state index contributed by atoms with van der Waals surface area (Å²) >= 11 is 0. The van der Waals surface area contributed by atoms with Gasteiger partial charge in [0.2, 0.25) is 0 Å². The third-order valence-electron chi connectivity index (χ3n) is 4.82. The summed E-state index contributed by atoms with van der Waals surface area (Å²) in [5, 5.41) is 12.3. The van der Waals surface area contributed by atoms with Crippen LogP contribution in [0.15, 0.2) is 47.7 Å². The van der Waals surface area contributed by atoms with Gasteiger partial charge in [0.05, 0.1) is 24.1 Å². The molecule has 2 heterocycles. The average molecular weight is 380 g/mol. The predicted octanol–water partition coefficient (Wildman–Crippen LogP) is 2.82. The Balaban J connectivity index is 1.72. The number of hydrogen-bond donors (Lipinski definition) is 1. The number of nitrogens with zero attached hydrogens (tertiary/aromatic N) is 6. The highest BCUT2D eigenvalue weighted by atomic mass is 15.3. The van der Waals surface area contributed by atoms with Crippen LogP contribution >= 0.6 is 0 Å². The molecule has 0 atom stereocenters. The van der Waals surface area contributed by atoms with E-state index in [4.69, 9.17) is 4.99 Å². The highest BCUT2D eigenvalue weighted by molar-refractivity contribution is 5.79. The van der Waals surface area contributed by atoms with Crippen LogP contribution in [0.25, 0.3) is 5.69 Å². The lowest BCUT2D eigenvalue weighted by molar-refractivity contribution is 0.476. The molecule has 0 spiro atoms. The van der Waals surface area contributed by atoms with Gasteiger partial charge in [0, 0.05) is 50.2 Å². The molecule has 0 radical (unpaired) electrons. The molecule has 0 bridgehead atoms. The van der Waals surface area contributed by atoms with E-state index in [2.05, 4.69) is 40.5 Å². The molecule has 0 amide bonds. The Hall–Kier alpha value is -3.09. The normalized spacial score (nSPS) is 11.7. The third kappa shape index (κ3) is 4.42. The van der Waals surface area contributed by atoms with E-state index in [1.54, 1.807) is 0 Å². The first-order valence-electron chi connectivity index (χ1n) is 9.57. The Bertz CT molecular complexity index is 937. The lowest BCUT2D eigenvalue weighted by atomic mass is 10.2. The van der Waals surface area contributed by atoms with E-state index < -0.39 is 0 Å². The van der Waals surface area contributed by atoms with Crippen molar-refractivity contribution in [1.29, 1.82) is 0 Å². The van der Waals surface area contributed by atoms with Gasteiger partial charge in [0.15, 0.2) is 5.96 Å². The maximum Gasteiger partial charge on any atom is 0.194 e. The van der Waals surface area contributed by atoms with E-state index in [0.717, 1.165) is 41.7 Å². The molecule has 7 heteroatoms. The second kappa shape index (κ2) is 8.73. The minimum Gasteiger partial charge on any atom is -0.357 e. The van der Waals surface area contributed by atoms with Crippen molar-refractivity contribution < 1.29 is 0 Å². The number of benzene rings is 1. The van der Waals surface area contributed by atoms with E-state index >= 15 is 0 Å². The van der Waals surface area contributed by atoms with Gasteiger partial charge in [-0.25, -0.2) is 9.67 Å². The van der Waals surface area contributed by atoms with Gasteiger partial charge >= 0.3 is 0 Å². The fourth-order valence-electron chi connectivity index (χ4n) is 3.18. The molecule has 7 nitrogen and oxygen atoms in total. The SMILES string of the molecule is CCNC(=NCc1c(C)nn(C)c1C)N(C)Cc1cnn(-c2ccccc2)c1. The maximum absolute atomic E-state index is 4.83. The van der Waals surface area contributed by atoms with Crippen LogP contribution < -0.4 is 5.32 Å². The first kappa shape index (κ1) is 19.7. The van der Waals surface area contributed by atoms with Gasteiger partial charge in [-0.15, -0.1) is 0 Å². The van der Waals surface area contributed by atoms with Crippen molar-refractivity contribution >= 4 is 5.96 Å². The largest absolute Gasteiger partial charge is 0.357 e. The average Bonchev–Trinajstić information content (AvgIpc) is 3.24. The second-order valence-corrected chi connectivity index (χ2v) is 6.93. The monoisotopic (exact) mass is 379 g/mol. The number of aromatic nitrogens is 4. The van der Waals surface area contributed by atoms with Crippen LogP contribution in [0.5, 0.6) is 0 Å². The molecule has 1 N–H and O–H groups in total. The Labute approximate surface area is 166 Å². The van der Waals surface area contributed by atoms with Crippen LogP contribution in [0.2, 0.25) is 0 Å². The number of guanidine groups is 1. The van der Waals surface area contributed by atoms with E-state index in [1.165, 1.54) is 5.56 Å². The molecule has 0 saturated carbocycles. The Kier molecular flexibility index (Phi) is 6.13. The summed E-state index contributed by atoms with van der Waals surface area (Å²) in [6.45, 7) is 8.35. The fourth-order valence-corrected chi connectivity index (χ4v) is 3.18. The summed E-state index contributed by atoms with van der Waals surface area (Å²) in [4.78, 5) is 6.95. The summed E-state index contributed by atoms with van der Waals surface area (Å²) < 4.78 is 3.81. The van der Waals surface area contributed by atoms with E-state index in [1.807, 2.05) is 66.9 Å². The smallest absolute Gasteiger partial charge is 0.194 e. The third-order valence-corrected chi connectivity index (χ3v) is 4.82. The van der Waals surface area contributed by atoms with Gasteiger partial charge in [-0.2, -0.15) is 10.2 Å². The molecule has 0 aliphatic heterocycles.